The topological polar surface area (TPSA) is 66.4 Å². The summed E-state index contributed by atoms with van der Waals surface area (Å²) in [6.45, 7) is 3.64. The highest BCUT2D eigenvalue weighted by Gasteiger charge is 2.19. The highest BCUT2D eigenvalue weighted by molar-refractivity contribution is 9.10. The van der Waals surface area contributed by atoms with Crippen LogP contribution in [0.4, 0.5) is 5.69 Å². The van der Waals surface area contributed by atoms with Crippen molar-refractivity contribution in [3.8, 4) is 0 Å². The molecule has 1 aromatic carbocycles. The minimum absolute atomic E-state index is 0.159. The number of rotatable bonds is 4. The van der Waals surface area contributed by atoms with Gasteiger partial charge in [-0.2, -0.15) is 0 Å². The number of anilines is 1. The van der Waals surface area contributed by atoms with Crippen molar-refractivity contribution >= 4 is 43.0 Å². The molecule has 0 aliphatic carbocycles. The molecule has 0 fully saturated rings. The molecule has 2 aromatic rings. The van der Waals surface area contributed by atoms with E-state index in [1.165, 1.54) is 6.07 Å². The second-order valence-corrected chi connectivity index (χ2v) is 8.35. The molecular formula is C13H14BrNO3S2. The number of thiophene rings is 1. The van der Waals surface area contributed by atoms with Gasteiger partial charge >= 0.3 is 0 Å². The molecule has 2 rings (SSSR count). The molecule has 7 heteroatoms. The van der Waals surface area contributed by atoms with Crippen molar-refractivity contribution in [1.29, 1.82) is 0 Å². The van der Waals surface area contributed by atoms with Crippen molar-refractivity contribution in [3.05, 3.63) is 44.7 Å². The van der Waals surface area contributed by atoms with Crippen LogP contribution in [0.2, 0.25) is 0 Å². The van der Waals surface area contributed by atoms with E-state index in [2.05, 4.69) is 20.7 Å². The predicted molar refractivity (Wildman–Crippen MR) is 84.7 cm³/mol. The molecule has 4 nitrogen and oxygen atoms in total. The number of hydrogen-bond donors (Lipinski definition) is 2. The lowest BCUT2D eigenvalue weighted by atomic mass is 10.1. The SMILES string of the molecule is Cc1cc(C)c(NS(=O)(=O)c2ccc(CO)s2)c(Br)c1. The zero-order valence-electron chi connectivity index (χ0n) is 11.0. The number of sulfonamides is 1. The van der Waals surface area contributed by atoms with Gasteiger partial charge in [0.05, 0.1) is 12.3 Å². The quantitative estimate of drug-likeness (QED) is 0.859. The summed E-state index contributed by atoms with van der Waals surface area (Å²) in [6, 6.07) is 6.88. The molecule has 2 N–H and O–H groups in total. The number of aryl methyl sites for hydroxylation is 2. The summed E-state index contributed by atoms with van der Waals surface area (Å²) in [4.78, 5) is 0.616. The average Bonchev–Trinajstić information content (AvgIpc) is 2.83. The van der Waals surface area contributed by atoms with Gasteiger partial charge in [0.25, 0.3) is 10.0 Å². The van der Waals surface area contributed by atoms with Crippen molar-refractivity contribution in [3.63, 3.8) is 0 Å². The van der Waals surface area contributed by atoms with Crippen molar-refractivity contribution < 1.29 is 13.5 Å². The first-order chi connectivity index (χ1) is 9.33. The number of aliphatic hydroxyl groups is 1. The van der Waals surface area contributed by atoms with Gasteiger partial charge in [0.1, 0.15) is 4.21 Å². The van der Waals surface area contributed by atoms with Gasteiger partial charge in [-0.3, -0.25) is 4.72 Å². The van der Waals surface area contributed by atoms with E-state index in [4.69, 9.17) is 5.11 Å². The van der Waals surface area contributed by atoms with Gasteiger partial charge in [0, 0.05) is 9.35 Å². The van der Waals surface area contributed by atoms with E-state index in [9.17, 15) is 8.42 Å². The first kappa shape index (κ1) is 15.5. The van der Waals surface area contributed by atoms with Crippen LogP contribution in [0.25, 0.3) is 0 Å². The zero-order valence-corrected chi connectivity index (χ0v) is 14.2. The van der Waals surface area contributed by atoms with Gasteiger partial charge in [-0.25, -0.2) is 8.42 Å². The molecule has 0 amide bonds. The lowest BCUT2D eigenvalue weighted by Crippen LogP contribution is -2.13. The maximum absolute atomic E-state index is 12.3. The summed E-state index contributed by atoms with van der Waals surface area (Å²) in [6.07, 6.45) is 0. The second kappa shape index (κ2) is 5.85. The Bertz CT molecular complexity index is 715. The summed E-state index contributed by atoms with van der Waals surface area (Å²) < 4.78 is 28.1. The van der Waals surface area contributed by atoms with Crippen LogP contribution in [-0.2, 0) is 16.6 Å². The van der Waals surface area contributed by atoms with Crippen LogP contribution >= 0.6 is 27.3 Å². The van der Waals surface area contributed by atoms with Crippen molar-refractivity contribution in [2.24, 2.45) is 0 Å². The molecule has 1 heterocycles. The Morgan fingerprint density at radius 2 is 2.00 bits per heavy atom. The van der Waals surface area contributed by atoms with Crippen molar-refractivity contribution in [2.75, 3.05) is 4.72 Å². The van der Waals surface area contributed by atoms with E-state index in [-0.39, 0.29) is 10.8 Å². The Labute approximate surface area is 130 Å². The first-order valence-corrected chi connectivity index (χ1v) is 8.92. The summed E-state index contributed by atoms with van der Waals surface area (Å²) in [7, 11) is -3.63. The van der Waals surface area contributed by atoms with Crippen molar-refractivity contribution in [1.82, 2.24) is 0 Å². The normalized spacial score (nSPS) is 11.6. The summed E-state index contributed by atoms with van der Waals surface area (Å²) >= 11 is 4.44. The molecule has 108 valence electrons. The molecule has 0 bridgehead atoms. The van der Waals surface area contributed by atoms with E-state index in [0.717, 1.165) is 22.5 Å². The molecule has 0 atom stereocenters. The third-order valence-electron chi connectivity index (χ3n) is 2.73. The van der Waals surface area contributed by atoms with Crippen molar-refractivity contribution in [2.45, 2.75) is 24.7 Å². The monoisotopic (exact) mass is 375 g/mol. The van der Waals surface area contributed by atoms with E-state index >= 15 is 0 Å². The first-order valence-electron chi connectivity index (χ1n) is 5.82. The molecule has 20 heavy (non-hydrogen) atoms. The minimum Gasteiger partial charge on any atom is -0.391 e. The van der Waals surface area contributed by atoms with Crippen LogP contribution < -0.4 is 4.72 Å². The Kier molecular flexibility index (Phi) is 4.53. The van der Waals surface area contributed by atoms with Gasteiger partial charge in [-0.15, -0.1) is 11.3 Å². The fourth-order valence-corrected chi connectivity index (χ4v) is 5.09. The fourth-order valence-electron chi connectivity index (χ4n) is 1.82. The fraction of sp³-hybridized carbons (Fsp3) is 0.231. The maximum Gasteiger partial charge on any atom is 0.271 e. The Morgan fingerprint density at radius 1 is 1.30 bits per heavy atom. The third-order valence-corrected chi connectivity index (χ3v) is 6.26. The molecule has 0 spiro atoms. The Balaban J connectivity index is 2.38. The standard InChI is InChI=1S/C13H14BrNO3S2/c1-8-5-9(2)13(11(14)6-8)15-20(17,18)12-4-3-10(7-16)19-12/h3-6,15-16H,7H2,1-2H3. The summed E-state index contributed by atoms with van der Waals surface area (Å²) in [5, 5.41) is 9.01. The molecular weight excluding hydrogens is 362 g/mol. The van der Waals surface area contributed by atoms with Crippen LogP contribution in [0.15, 0.2) is 32.9 Å². The van der Waals surface area contributed by atoms with Gasteiger partial charge in [0.2, 0.25) is 0 Å². The lowest BCUT2D eigenvalue weighted by Gasteiger charge is -2.12. The number of benzene rings is 1. The smallest absolute Gasteiger partial charge is 0.271 e. The molecule has 0 aliphatic heterocycles. The maximum atomic E-state index is 12.3. The highest BCUT2D eigenvalue weighted by Crippen LogP contribution is 2.31. The predicted octanol–water partition coefficient (Wildman–Crippen LogP) is 3.42. The second-order valence-electron chi connectivity index (χ2n) is 4.42. The summed E-state index contributed by atoms with van der Waals surface area (Å²) in [5.74, 6) is 0. The van der Waals surface area contributed by atoms with Crippen LogP contribution in [0, 0.1) is 13.8 Å². The molecule has 0 saturated carbocycles. The molecule has 0 unspecified atom stereocenters. The highest BCUT2D eigenvalue weighted by atomic mass is 79.9. The van der Waals surface area contributed by atoms with Crippen LogP contribution in [-0.4, -0.2) is 13.5 Å². The largest absolute Gasteiger partial charge is 0.391 e. The minimum atomic E-state index is -3.63. The number of aliphatic hydroxyl groups excluding tert-OH is 1. The molecule has 1 aromatic heterocycles. The van der Waals surface area contributed by atoms with Gasteiger partial charge in [-0.1, -0.05) is 6.07 Å². The van der Waals surface area contributed by atoms with Gasteiger partial charge in [0.15, 0.2) is 0 Å². The van der Waals surface area contributed by atoms with E-state index in [1.807, 2.05) is 26.0 Å². The molecule has 0 aliphatic rings. The number of hydrogen-bond acceptors (Lipinski definition) is 4. The van der Waals surface area contributed by atoms with E-state index in [0.29, 0.717) is 15.0 Å². The average molecular weight is 376 g/mol. The van der Waals surface area contributed by atoms with E-state index < -0.39 is 10.0 Å². The van der Waals surface area contributed by atoms with Gasteiger partial charge < -0.3 is 5.11 Å². The summed E-state index contributed by atoms with van der Waals surface area (Å²) in [5.41, 5.74) is 2.44. The molecule has 0 saturated heterocycles. The Hall–Kier alpha value is -0.890. The van der Waals surface area contributed by atoms with Crippen LogP contribution in [0.5, 0.6) is 0 Å². The van der Waals surface area contributed by atoms with E-state index in [1.54, 1.807) is 6.07 Å². The van der Waals surface area contributed by atoms with Crippen LogP contribution in [0.1, 0.15) is 16.0 Å². The lowest BCUT2D eigenvalue weighted by molar-refractivity contribution is 0.285. The zero-order chi connectivity index (χ0) is 14.9. The number of nitrogens with one attached hydrogen (secondary N) is 1. The van der Waals surface area contributed by atoms with Crippen LogP contribution in [0.3, 0.4) is 0 Å². The number of halogens is 1. The Morgan fingerprint density at radius 3 is 2.55 bits per heavy atom. The molecule has 0 radical (unpaired) electrons. The third kappa shape index (κ3) is 3.22. The van der Waals surface area contributed by atoms with Gasteiger partial charge in [-0.05, 0) is 59.1 Å².